The van der Waals surface area contributed by atoms with Crippen LogP contribution in [0.5, 0.6) is 0 Å². The highest BCUT2D eigenvalue weighted by molar-refractivity contribution is 9.10. The Morgan fingerprint density at radius 1 is 1.50 bits per heavy atom. The van der Waals surface area contributed by atoms with Crippen molar-refractivity contribution in [1.82, 2.24) is 9.47 Å². The molecule has 102 valence electrons. The van der Waals surface area contributed by atoms with Crippen LogP contribution in [0.3, 0.4) is 0 Å². The van der Waals surface area contributed by atoms with E-state index in [0.29, 0.717) is 12.2 Å². The second-order valence-corrected chi connectivity index (χ2v) is 7.36. The summed E-state index contributed by atoms with van der Waals surface area (Å²) in [4.78, 5) is 13.6. The molecule has 0 radical (unpaired) electrons. The number of sulfone groups is 1. The molecule has 1 amide bonds. The quantitative estimate of drug-likeness (QED) is 0.816. The van der Waals surface area contributed by atoms with Crippen molar-refractivity contribution in [2.75, 3.05) is 25.6 Å². The van der Waals surface area contributed by atoms with Gasteiger partial charge in [-0.1, -0.05) is 0 Å². The van der Waals surface area contributed by atoms with Gasteiger partial charge >= 0.3 is 0 Å². The van der Waals surface area contributed by atoms with Gasteiger partial charge in [-0.05, 0) is 28.9 Å². The molecule has 0 aliphatic heterocycles. The summed E-state index contributed by atoms with van der Waals surface area (Å²) in [6.07, 6.45) is 2.99. The molecule has 1 heterocycles. The highest BCUT2D eigenvalue weighted by Gasteiger charge is 2.17. The van der Waals surface area contributed by atoms with Crippen LogP contribution in [0, 0.1) is 0 Å². The highest BCUT2D eigenvalue weighted by Crippen LogP contribution is 2.16. The summed E-state index contributed by atoms with van der Waals surface area (Å²) < 4.78 is 24.8. The number of amides is 1. The maximum absolute atomic E-state index is 12.1. The number of hydrogen-bond donors (Lipinski definition) is 0. The first-order chi connectivity index (χ1) is 8.24. The summed E-state index contributed by atoms with van der Waals surface area (Å²) in [6, 6.07) is 1.74. The van der Waals surface area contributed by atoms with Crippen LogP contribution in [0.15, 0.2) is 16.7 Å². The van der Waals surface area contributed by atoms with E-state index in [1.807, 2.05) is 17.7 Å². The average molecular weight is 337 g/mol. The minimum Gasteiger partial charge on any atom is -0.343 e. The minimum atomic E-state index is -3.06. The van der Waals surface area contributed by atoms with Crippen LogP contribution >= 0.6 is 15.9 Å². The molecule has 0 atom stereocenters. The molecule has 5 nitrogen and oxygen atoms in total. The van der Waals surface area contributed by atoms with Crippen molar-refractivity contribution in [2.24, 2.45) is 0 Å². The molecule has 0 aliphatic rings. The third-order valence-corrected chi connectivity index (χ3v) is 3.93. The Morgan fingerprint density at radius 2 is 2.11 bits per heavy atom. The fourth-order valence-corrected chi connectivity index (χ4v) is 2.58. The molecule has 1 rings (SSSR count). The SMILES string of the molecule is CCn1cc(Br)cc1C(=O)N(C)CCS(C)(=O)=O. The van der Waals surface area contributed by atoms with Gasteiger partial charge in [-0.2, -0.15) is 0 Å². The van der Waals surface area contributed by atoms with Gasteiger partial charge in [0.25, 0.3) is 5.91 Å². The first-order valence-corrected chi connectivity index (χ1v) is 8.39. The monoisotopic (exact) mass is 336 g/mol. The molecule has 0 aliphatic carbocycles. The number of aromatic nitrogens is 1. The highest BCUT2D eigenvalue weighted by atomic mass is 79.9. The smallest absolute Gasteiger partial charge is 0.270 e. The average Bonchev–Trinajstić information content (AvgIpc) is 2.65. The number of aryl methyl sites for hydroxylation is 1. The maximum atomic E-state index is 12.1. The van der Waals surface area contributed by atoms with Gasteiger partial charge in [-0.15, -0.1) is 0 Å². The van der Waals surface area contributed by atoms with Crippen LogP contribution in [0.25, 0.3) is 0 Å². The van der Waals surface area contributed by atoms with Crippen LogP contribution in [0.1, 0.15) is 17.4 Å². The lowest BCUT2D eigenvalue weighted by atomic mass is 10.3. The third kappa shape index (κ3) is 4.13. The van der Waals surface area contributed by atoms with Gasteiger partial charge in [0.15, 0.2) is 0 Å². The lowest BCUT2D eigenvalue weighted by Crippen LogP contribution is -2.32. The lowest BCUT2D eigenvalue weighted by Gasteiger charge is -2.17. The molecule has 0 fully saturated rings. The molecule has 0 aromatic carbocycles. The van der Waals surface area contributed by atoms with E-state index in [0.717, 1.165) is 10.7 Å². The van der Waals surface area contributed by atoms with Gasteiger partial charge in [0.1, 0.15) is 15.5 Å². The molecule has 0 unspecified atom stereocenters. The zero-order valence-electron chi connectivity index (χ0n) is 10.7. The molecule has 18 heavy (non-hydrogen) atoms. The van der Waals surface area contributed by atoms with Crippen molar-refractivity contribution >= 4 is 31.7 Å². The Hall–Kier alpha value is -0.820. The predicted molar refractivity (Wildman–Crippen MR) is 74.5 cm³/mol. The summed E-state index contributed by atoms with van der Waals surface area (Å²) in [6.45, 7) is 2.83. The normalized spacial score (nSPS) is 11.6. The van der Waals surface area contributed by atoms with E-state index in [4.69, 9.17) is 0 Å². The molecular weight excluding hydrogens is 320 g/mol. The second-order valence-electron chi connectivity index (χ2n) is 4.19. The Balaban J connectivity index is 2.80. The zero-order chi connectivity index (χ0) is 13.9. The largest absolute Gasteiger partial charge is 0.343 e. The number of hydrogen-bond acceptors (Lipinski definition) is 3. The Bertz CT molecular complexity index is 536. The van der Waals surface area contributed by atoms with Crippen molar-refractivity contribution in [3.8, 4) is 0 Å². The van der Waals surface area contributed by atoms with Crippen LogP contribution in [0.4, 0.5) is 0 Å². The molecule has 0 saturated carbocycles. The first-order valence-electron chi connectivity index (χ1n) is 5.53. The Kier molecular flexibility index (Phi) is 4.98. The number of carbonyl (C=O) groups excluding carboxylic acids is 1. The Labute approximate surface area is 116 Å². The number of nitrogens with zero attached hydrogens (tertiary/aromatic N) is 2. The van der Waals surface area contributed by atoms with Crippen molar-refractivity contribution in [2.45, 2.75) is 13.5 Å². The predicted octanol–water partition coefficient (Wildman–Crippen LogP) is 1.39. The maximum Gasteiger partial charge on any atom is 0.270 e. The summed E-state index contributed by atoms with van der Waals surface area (Å²) in [5, 5.41) is 0. The van der Waals surface area contributed by atoms with Crippen molar-refractivity contribution in [3.05, 3.63) is 22.4 Å². The summed E-state index contributed by atoms with van der Waals surface area (Å²) in [5.41, 5.74) is 0.556. The number of rotatable bonds is 5. The summed E-state index contributed by atoms with van der Waals surface area (Å²) in [5.74, 6) is -0.199. The van der Waals surface area contributed by atoms with Crippen molar-refractivity contribution in [3.63, 3.8) is 0 Å². The van der Waals surface area contributed by atoms with Gasteiger partial charge < -0.3 is 9.47 Å². The van der Waals surface area contributed by atoms with Crippen molar-refractivity contribution in [1.29, 1.82) is 0 Å². The van der Waals surface area contributed by atoms with E-state index in [9.17, 15) is 13.2 Å². The fourth-order valence-electron chi connectivity index (χ4n) is 1.52. The molecular formula is C11H17BrN2O3S. The van der Waals surface area contributed by atoms with Gasteiger partial charge in [0, 0.05) is 37.1 Å². The van der Waals surface area contributed by atoms with E-state index < -0.39 is 9.84 Å². The van der Waals surface area contributed by atoms with E-state index in [-0.39, 0.29) is 18.2 Å². The molecule has 0 saturated heterocycles. The van der Waals surface area contributed by atoms with E-state index >= 15 is 0 Å². The van der Waals surface area contributed by atoms with Crippen LogP contribution in [-0.4, -0.2) is 49.4 Å². The van der Waals surface area contributed by atoms with Gasteiger partial charge in [0.2, 0.25) is 0 Å². The zero-order valence-corrected chi connectivity index (χ0v) is 13.1. The number of halogens is 1. The van der Waals surface area contributed by atoms with Crippen LogP contribution in [0.2, 0.25) is 0 Å². The molecule has 7 heteroatoms. The standard InChI is InChI=1S/C11H17BrN2O3S/c1-4-14-8-9(12)7-10(14)11(15)13(2)5-6-18(3,16)17/h7-8H,4-6H2,1-3H3. The van der Waals surface area contributed by atoms with Crippen LogP contribution in [-0.2, 0) is 16.4 Å². The summed E-state index contributed by atoms with van der Waals surface area (Å²) >= 11 is 3.32. The lowest BCUT2D eigenvalue weighted by molar-refractivity contribution is 0.0793. The van der Waals surface area contributed by atoms with E-state index in [1.54, 1.807) is 13.1 Å². The Morgan fingerprint density at radius 3 is 2.61 bits per heavy atom. The molecule has 0 N–H and O–H groups in total. The second kappa shape index (κ2) is 5.88. The third-order valence-electron chi connectivity index (χ3n) is 2.57. The fraction of sp³-hybridized carbons (Fsp3) is 0.545. The summed E-state index contributed by atoms with van der Waals surface area (Å²) in [7, 11) is -1.45. The van der Waals surface area contributed by atoms with Gasteiger partial charge in [-0.3, -0.25) is 4.79 Å². The molecule has 1 aromatic heterocycles. The van der Waals surface area contributed by atoms with E-state index in [1.165, 1.54) is 4.90 Å². The first kappa shape index (κ1) is 15.2. The van der Waals surface area contributed by atoms with Gasteiger partial charge in [0.05, 0.1) is 5.75 Å². The topological polar surface area (TPSA) is 59.4 Å². The molecule has 0 bridgehead atoms. The minimum absolute atomic E-state index is 0.0246. The molecule has 1 aromatic rings. The van der Waals surface area contributed by atoms with Crippen molar-refractivity contribution < 1.29 is 13.2 Å². The van der Waals surface area contributed by atoms with Crippen LogP contribution < -0.4 is 0 Å². The molecule has 0 spiro atoms. The van der Waals surface area contributed by atoms with Gasteiger partial charge in [-0.25, -0.2) is 8.42 Å². The van der Waals surface area contributed by atoms with E-state index in [2.05, 4.69) is 15.9 Å². The number of carbonyl (C=O) groups is 1.